The van der Waals surface area contributed by atoms with Gasteiger partial charge in [0.1, 0.15) is 0 Å². The number of amides is 1. The summed E-state index contributed by atoms with van der Waals surface area (Å²) in [6.07, 6.45) is 10.2. The van der Waals surface area contributed by atoms with Crippen molar-refractivity contribution in [1.29, 1.82) is 0 Å². The number of thiophene rings is 1. The van der Waals surface area contributed by atoms with Gasteiger partial charge in [0.25, 0.3) is 5.91 Å². The molecule has 0 spiro atoms. The molecule has 1 atom stereocenters. The van der Waals surface area contributed by atoms with E-state index in [9.17, 15) is 4.79 Å². The van der Waals surface area contributed by atoms with Crippen molar-refractivity contribution in [2.24, 2.45) is 11.8 Å². The van der Waals surface area contributed by atoms with E-state index in [4.69, 9.17) is 0 Å². The Bertz CT molecular complexity index is 473. The highest BCUT2D eigenvalue weighted by Crippen LogP contribution is 2.32. The van der Waals surface area contributed by atoms with Crippen molar-refractivity contribution in [3.05, 3.63) is 21.4 Å². The van der Waals surface area contributed by atoms with E-state index in [0.29, 0.717) is 5.92 Å². The topological polar surface area (TPSA) is 29.1 Å². The first-order valence-corrected chi connectivity index (χ1v) is 8.94. The van der Waals surface area contributed by atoms with Crippen LogP contribution in [0, 0.1) is 11.8 Å². The SMILES string of the molecule is CC1CCc2sc(C(=O)NCC3CCCCC3)cc2C1. The molecule has 3 rings (SSSR count). The van der Waals surface area contributed by atoms with E-state index in [-0.39, 0.29) is 5.91 Å². The van der Waals surface area contributed by atoms with Gasteiger partial charge in [-0.25, -0.2) is 0 Å². The summed E-state index contributed by atoms with van der Waals surface area (Å²) in [5.41, 5.74) is 1.43. The predicted octanol–water partition coefficient (Wildman–Crippen LogP) is 4.18. The highest BCUT2D eigenvalue weighted by molar-refractivity contribution is 7.14. The van der Waals surface area contributed by atoms with E-state index in [1.165, 1.54) is 49.0 Å². The summed E-state index contributed by atoms with van der Waals surface area (Å²) >= 11 is 1.72. The molecule has 0 aromatic carbocycles. The van der Waals surface area contributed by atoms with Crippen molar-refractivity contribution < 1.29 is 4.79 Å². The lowest BCUT2D eigenvalue weighted by atomic mass is 9.89. The highest BCUT2D eigenvalue weighted by Gasteiger charge is 2.21. The standard InChI is InChI=1S/C17H25NOS/c1-12-7-8-15-14(9-12)10-16(20-15)17(19)18-11-13-5-3-2-4-6-13/h10,12-13H,2-9,11H2,1H3,(H,18,19). The van der Waals surface area contributed by atoms with E-state index in [0.717, 1.165) is 30.2 Å². The van der Waals surface area contributed by atoms with Gasteiger partial charge >= 0.3 is 0 Å². The van der Waals surface area contributed by atoms with Gasteiger partial charge in [-0.05, 0) is 55.6 Å². The number of hydrogen-bond acceptors (Lipinski definition) is 2. The Morgan fingerprint density at radius 1 is 1.30 bits per heavy atom. The van der Waals surface area contributed by atoms with Crippen molar-refractivity contribution >= 4 is 17.2 Å². The Labute approximate surface area is 126 Å². The Kier molecular flexibility index (Phi) is 4.45. The lowest BCUT2D eigenvalue weighted by molar-refractivity contribution is 0.0947. The first kappa shape index (κ1) is 14.1. The van der Waals surface area contributed by atoms with Gasteiger partial charge < -0.3 is 5.32 Å². The Balaban J connectivity index is 1.57. The first-order valence-electron chi connectivity index (χ1n) is 8.12. The lowest BCUT2D eigenvalue weighted by Crippen LogP contribution is -2.29. The Morgan fingerprint density at radius 3 is 2.90 bits per heavy atom. The van der Waals surface area contributed by atoms with Gasteiger partial charge in [0, 0.05) is 11.4 Å². The van der Waals surface area contributed by atoms with Crippen LogP contribution in [0.5, 0.6) is 0 Å². The zero-order valence-electron chi connectivity index (χ0n) is 12.4. The molecular formula is C17H25NOS. The molecule has 1 aromatic heterocycles. The van der Waals surface area contributed by atoms with E-state index >= 15 is 0 Å². The average molecular weight is 291 g/mol. The van der Waals surface area contributed by atoms with Crippen molar-refractivity contribution in [3.63, 3.8) is 0 Å². The van der Waals surface area contributed by atoms with E-state index in [1.54, 1.807) is 11.3 Å². The monoisotopic (exact) mass is 291 g/mol. The van der Waals surface area contributed by atoms with Crippen LogP contribution in [-0.4, -0.2) is 12.5 Å². The number of carbonyl (C=O) groups excluding carboxylic acids is 1. The Hall–Kier alpha value is -0.830. The fourth-order valence-electron chi connectivity index (χ4n) is 3.53. The molecule has 0 saturated heterocycles. The van der Waals surface area contributed by atoms with Gasteiger partial charge in [0.2, 0.25) is 0 Å². The number of nitrogens with one attached hydrogen (secondary N) is 1. The van der Waals surface area contributed by atoms with Crippen LogP contribution in [0.4, 0.5) is 0 Å². The van der Waals surface area contributed by atoms with Crippen LogP contribution in [0.25, 0.3) is 0 Å². The second-order valence-corrected chi connectivity index (χ2v) is 7.76. The van der Waals surface area contributed by atoms with Crippen molar-refractivity contribution in [3.8, 4) is 0 Å². The Morgan fingerprint density at radius 2 is 2.10 bits per heavy atom. The number of rotatable bonds is 3. The third-order valence-electron chi connectivity index (χ3n) is 4.83. The van der Waals surface area contributed by atoms with Gasteiger partial charge in [-0.3, -0.25) is 4.79 Å². The smallest absolute Gasteiger partial charge is 0.261 e. The van der Waals surface area contributed by atoms with Crippen LogP contribution in [0.2, 0.25) is 0 Å². The van der Waals surface area contributed by atoms with Crippen molar-refractivity contribution in [1.82, 2.24) is 5.32 Å². The number of carbonyl (C=O) groups is 1. The molecule has 1 heterocycles. The molecule has 3 heteroatoms. The lowest BCUT2D eigenvalue weighted by Gasteiger charge is -2.21. The molecule has 20 heavy (non-hydrogen) atoms. The molecule has 1 N–H and O–H groups in total. The molecule has 0 bridgehead atoms. The normalized spacial score (nSPS) is 23.4. The molecule has 2 aliphatic carbocycles. The zero-order valence-corrected chi connectivity index (χ0v) is 13.2. The summed E-state index contributed by atoms with van der Waals surface area (Å²) in [6.45, 7) is 3.18. The predicted molar refractivity (Wildman–Crippen MR) is 84.4 cm³/mol. The molecule has 0 aliphatic heterocycles. The quantitative estimate of drug-likeness (QED) is 0.889. The number of aryl methyl sites for hydroxylation is 1. The second kappa shape index (κ2) is 6.30. The summed E-state index contributed by atoms with van der Waals surface area (Å²) in [5.74, 6) is 1.64. The summed E-state index contributed by atoms with van der Waals surface area (Å²) in [7, 11) is 0. The van der Waals surface area contributed by atoms with Crippen LogP contribution in [0.15, 0.2) is 6.07 Å². The first-order chi connectivity index (χ1) is 9.72. The molecule has 2 nitrogen and oxygen atoms in total. The summed E-state index contributed by atoms with van der Waals surface area (Å²) in [4.78, 5) is 14.7. The summed E-state index contributed by atoms with van der Waals surface area (Å²) < 4.78 is 0. The number of fused-ring (bicyclic) bond motifs is 1. The maximum Gasteiger partial charge on any atom is 0.261 e. The van der Waals surface area contributed by atoms with Crippen LogP contribution in [0.3, 0.4) is 0 Å². The van der Waals surface area contributed by atoms with Crippen LogP contribution < -0.4 is 5.32 Å². The minimum Gasteiger partial charge on any atom is -0.351 e. The van der Waals surface area contributed by atoms with Gasteiger partial charge in [0.15, 0.2) is 0 Å². The van der Waals surface area contributed by atoms with E-state index in [2.05, 4.69) is 18.3 Å². The van der Waals surface area contributed by atoms with Crippen molar-refractivity contribution in [2.75, 3.05) is 6.54 Å². The molecule has 0 radical (unpaired) electrons. The molecule has 1 amide bonds. The third-order valence-corrected chi connectivity index (χ3v) is 6.06. The molecule has 110 valence electrons. The highest BCUT2D eigenvalue weighted by atomic mass is 32.1. The van der Waals surface area contributed by atoms with Gasteiger partial charge in [-0.2, -0.15) is 0 Å². The summed E-state index contributed by atoms with van der Waals surface area (Å²) in [5, 5.41) is 3.16. The fourth-order valence-corrected chi connectivity index (χ4v) is 4.66. The molecule has 1 aromatic rings. The molecule has 2 aliphatic rings. The number of hydrogen-bond donors (Lipinski definition) is 1. The molecule has 1 saturated carbocycles. The zero-order chi connectivity index (χ0) is 13.9. The molecule has 1 fully saturated rings. The van der Waals surface area contributed by atoms with E-state index in [1.807, 2.05) is 0 Å². The van der Waals surface area contributed by atoms with Crippen LogP contribution in [-0.2, 0) is 12.8 Å². The van der Waals surface area contributed by atoms with Gasteiger partial charge in [-0.15, -0.1) is 11.3 Å². The van der Waals surface area contributed by atoms with Crippen LogP contribution in [0.1, 0.15) is 65.6 Å². The molecule has 1 unspecified atom stereocenters. The second-order valence-electron chi connectivity index (χ2n) is 6.62. The largest absolute Gasteiger partial charge is 0.351 e. The average Bonchev–Trinajstić information content (AvgIpc) is 2.89. The van der Waals surface area contributed by atoms with Crippen molar-refractivity contribution in [2.45, 2.75) is 58.3 Å². The van der Waals surface area contributed by atoms with Gasteiger partial charge in [0.05, 0.1) is 4.88 Å². The minimum absolute atomic E-state index is 0.155. The third kappa shape index (κ3) is 3.25. The summed E-state index contributed by atoms with van der Waals surface area (Å²) in [6, 6.07) is 2.14. The fraction of sp³-hybridized carbons (Fsp3) is 0.706. The van der Waals surface area contributed by atoms with Crippen LogP contribution >= 0.6 is 11.3 Å². The van der Waals surface area contributed by atoms with Gasteiger partial charge in [-0.1, -0.05) is 26.2 Å². The maximum absolute atomic E-state index is 12.3. The molecular weight excluding hydrogens is 266 g/mol. The van der Waals surface area contributed by atoms with E-state index < -0.39 is 0 Å². The minimum atomic E-state index is 0.155. The maximum atomic E-state index is 12.3.